The number of aromatic nitrogens is 1. The molecular formula is C41H55N3O9S. The van der Waals surface area contributed by atoms with Crippen molar-refractivity contribution < 1.29 is 41.8 Å². The first kappa shape index (κ1) is 39.7. The summed E-state index contributed by atoms with van der Waals surface area (Å²) in [4.78, 5) is 62.7. The van der Waals surface area contributed by atoms with Gasteiger partial charge in [-0.25, -0.2) is 13.4 Å². The summed E-state index contributed by atoms with van der Waals surface area (Å²) in [6, 6.07) is 6.59. The van der Waals surface area contributed by atoms with E-state index in [0.29, 0.717) is 43.9 Å². The van der Waals surface area contributed by atoms with Gasteiger partial charge in [0.1, 0.15) is 17.5 Å². The van der Waals surface area contributed by atoms with E-state index in [1.165, 1.54) is 4.90 Å². The molecule has 2 aliphatic carbocycles. The number of rotatable bonds is 9. The minimum atomic E-state index is -3.85. The molecule has 2 saturated carbocycles. The van der Waals surface area contributed by atoms with Gasteiger partial charge < -0.3 is 19.1 Å². The van der Waals surface area contributed by atoms with Gasteiger partial charge in [-0.15, -0.1) is 0 Å². The van der Waals surface area contributed by atoms with Gasteiger partial charge >= 0.3 is 5.97 Å². The number of carbonyl (C=O) groups excluding carboxylic acids is 4. The molecule has 294 valence electrons. The van der Waals surface area contributed by atoms with E-state index < -0.39 is 56.2 Å². The summed E-state index contributed by atoms with van der Waals surface area (Å²) in [6.45, 7) is 11.9. The molecule has 3 fully saturated rings. The van der Waals surface area contributed by atoms with E-state index in [4.69, 9.17) is 14.2 Å². The molecule has 13 heteroatoms. The Hall–Kier alpha value is -4.00. The lowest BCUT2D eigenvalue weighted by Gasteiger charge is -2.32. The number of hydrogen-bond acceptors (Lipinski definition) is 10. The van der Waals surface area contributed by atoms with Crippen LogP contribution in [-0.2, 0) is 33.9 Å². The maximum atomic E-state index is 14.8. The van der Waals surface area contributed by atoms with Gasteiger partial charge in [0.15, 0.2) is 5.78 Å². The molecule has 0 unspecified atom stereocenters. The molecule has 12 nitrogen and oxygen atoms in total. The standard InChI is InChI=1S/C41H55N3O9S/c1-7-51-35-23-42-37(31-15-11-10-14-30(31)35)52-28-19-33-34(45)22-41(39(48)43-54(49,50)29-16-17-29)21-27(41)13-9-8-12-25(2)18-26(3)32(38(47)44(33)24-28)20-36(46)53-40(4,5)6/h9-11,13-15,23,25-29,32-33H,7-8,12,16-22,24H2,1-6H3,(H,43,48)/b13-9-/t25-,26-,27-,28-,32+,33+,41-/m1/s1. The molecule has 1 saturated heterocycles. The number of pyridine rings is 1. The molecule has 2 aromatic rings. The van der Waals surface area contributed by atoms with Crippen LogP contribution in [0.5, 0.6) is 11.6 Å². The molecule has 2 amide bonds. The van der Waals surface area contributed by atoms with Crippen LogP contribution in [0.3, 0.4) is 0 Å². The van der Waals surface area contributed by atoms with E-state index in [0.717, 1.165) is 23.6 Å². The minimum Gasteiger partial charge on any atom is -0.492 e. The summed E-state index contributed by atoms with van der Waals surface area (Å²) in [5, 5.41) is 0.935. The molecule has 1 aromatic carbocycles. The highest BCUT2D eigenvalue weighted by Crippen LogP contribution is 2.57. The first-order chi connectivity index (χ1) is 25.5. The maximum absolute atomic E-state index is 14.8. The van der Waals surface area contributed by atoms with Crippen LogP contribution < -0.4 is 14.2 Å². The lowest BCUT2D eigenvalue weighted by molar-refractivity contribution is -0.160. The smallest absolute Gasteiger partial charge is 0.307 e. The molecule has 0 bridgehead atoms. The molecule has 7 atom stereocenters. The lowest BCUT2D eigenvalue weighted by atomic mass is 9.82. The van der Waals surface area contributed by atoms with Crippen LogP contribution in [0, 0.1) is 29.1 Å². The van der Waals surface area contributed by atoms with Crippen molar-refractivity contribution in [3.8, 4) is 11.6 Å². The Morgan fingerprint density at radius 2 is 1.78 bits per heavy atom. The average Bonchev–Trinajstić information content (AvgIpc) is 4.02. The van der Waals surface area contributed by atoms with Crippen molar-refractivity contribution in [1.29, 1.82) is 0 Å². The molecule has 2 aliphatic heterocycles. The van der Waals surface area contributed by atoms with E-state index in [2.05, 4.69) is 16.6 Å². The van der Waals surface area contributed by atoms with Crippen molar-refractivity contribution in [1.82, 2.24) is 14.6 Å². The van der Waals surface area contributed by atoms with Crippen LogP contribution >= 0.6 is 0 Å². The van der Waals surface area contributed by atoms with Crippen molar-refractivity contribution in [2.24, 2.45) is 29.1 Å². The van der Waals surface area contributed by atoms with Crippen molar-refractivity contribution >= 4 is 44.4 Å². The summed E-state index contributed by atoms with van der Waals surface area (Å²) in [5.41, 5.74) is -1.99. The van der Waals surface area contributed by atoms with E-state index in [1.807, 2.05) is 50.3 Å². The highest BCUT2D eigenvalue weighted by atomic mass is 32.2. The number of allylic oxidation sites excluding steroid dienone is 2. The number of esters is 1. The number of sulfonamides is 1. The molecule has 54 heavy (non-hydrogen) atoms. The predicted octanol–water partition coefficient (Wildman–Crippen LogP) is 5.92. The third-order valence-electron chi connectivity index (χ3n) is 11.3. The molecule has 6 rings (SSSR count). The van der Waals surface area contributed by atoms with Crippen LogP contribution in [0.15, 0.2) is 42.6 Å². The van der Waals surface area contributed by atoms with E-state index in [1.54, 1.807) is 27.0 Å². The number of hydrogen-bond donors (Lipinski definition) is 1. The van der Waals surface area contributed by atoms with E-state index >= 15 is 0 Å². The van der Waals surface area contributed by atoms with Gasteiger partial charge in [-0.3, -0.25) is 23.9 Å². The molecule has 4 aliphatic rings. The summed E-state index contributed by atoms with van der Waals surface area (Å²) in [7, 11) is -3.85. The van der Waals surface area contributed by atoms with Gasteiger partial charge in [0.05, 0.1) is 48.4 Å². The zero-order valence-corrected chi connectivity index (χ0v) is 33.2. The average molecular weight is 766 g/mol. The Balaban J connectivity index is 1.35. The van der Waals surface area contributed by atoms with Crippen molar-refractivity contribution in [3.05, 3.63) is 42.6 Å². The lowest BCUT2D eigenvalue weighted by Crippen LogP contribution is -2.47. The Bertz CT molecular complexity index is 1900. The van der Waals surface area contributed by atoms with Gasteiger partial charge in [-0.1, -0.05) is 44.2 Å². The fourth-order valence-corrected chi connectivity index (χ4v) is 9.60. The van der Waals surface area contributed by atoms with Crippen LogP contribution in [0.4, 0.5) is 0 Å². The number of Topliss-reactive ketones (excluding diaryl/α,β-unsaturated/α-hetero) is 1. The second kappa shape index (κ2) is 15.6. The SMILES string of the molecule is CCOc1cnc(O[C@@H]2C[C@H]3C(=O)C[C@]4(C(=O)NS(=O)(=O)C5CC5)C[C@H]4/C=C\CC[C@@H](C)C[C@@H](C)[C@H](CC(=O)OC(C)(C)C)C(=O)N3C2)c2ccccc12. The molecule has 0 radical (unpaired) electrons. The van der Waals surface area contributed by atoms with Crippen LogP contribution in [-0.4, -0.2) is 78.0 Å². The summed E-state index contributed by atoms with van der Waals surface area (Å²) < 4.78 is 46.1. The Morgan fingerprint density at radius 1 is 1.06 bits per heavy atom. The fourth-order valence-electron chi connectivity index (χ4n) is 8.21. The third-order valence-corrected chi connectivity index (χ3v) is 13.1. The summed E-state index contributed by atoms with van der Waals surface area (Å²) in [5.74, 6) is -1.98. The Kier molecular flexibility index (Phi) is 11.5. The number of fused-ring (bicyclic) bond motifs is 3. The monoisotopic (exact) mass is 765 g/mol. The topological polar surface area (TPSA) is 158 Å². The first-order valence-electron chi connectivity index (χ1n) is 19.5. The summed E-state index contributed by atoms with van der Waals surface area (Å²) in [6.07, 6.45) is 8.23. The number of ether oxygens (including phenoxy) is 3. The number of nitrogens with one attached hydrogen (secondary N) is 1. The Labute approximate surface area is 318 Å². The van der Waals surface area contributed by atoms with Crippen LogP contribution in [0.2, 0.25) is 0 Å². The number of amides is 2. The number of ketones is 1. The maximum Gasteiger partial charge on any atom is 0.307 e. The van der Waals surface area contributed by atoms with Gasteiger partial charge in [-0.2, -0.15) is 0 Å². The zero-order valence-electron chi connectivity index (χ0n) is 32.3. The van der Waals surface area contributed by atoms with Gasteiger partial charge in [-0.05, 0) is 90.0 Å². The molecule has 3 heterocycles. The second-order valence-corrected chi connectivity index (χ2v) is 18.9. The predicted molar refractivity (Wildman–Crippen MR) is 203 cm³/mol. The largest absolute Gasteiger partial charge is 0.492 e. The minimum absolute atomic E-state index is 0.0597. The molecule has 1 aromatic heterocycles. The van der Waals surface area contributed by atoms with Gasteiger partial charge in [0, 0.05) is 23.6 Å². The van der Waals surface area contributed by atoms with Gasteiger partial charge in [0.2, 0.25) is 27.7 Å². The van der Waals surface area contributed by atoms with Gasteiger partial charge in [0.25, 0.3) is 0 Å². The highest BCUT2D eigenvalue weighted by Gasteiger charge is 2.61. The quantitative estimate of drug-likeness (QED) is 0.240. The number of benzene rings is 1. The number of carbonyl (C=O) groups is 4. The second-order valence-electron chi connectivity index (χ2n) is 16.9. The number of nitrogens with zero attached hydrogens (tertiary/aromatic N) is 2. The normalized spacial score (nSPS) is 30.0. The fraction of sp³-hybridized carbons (Fsp3) is 0.634. The van der Waals surface area contributed by atoms with Crippen molar-refractivity contribution in [2.75, 3.05) is 13.2 Å². The van der Waals surface area contributed by atoms with Crippen LogP contribution in [0.25, 0.3) is 10.8 Å². The molecule has 1 N–H and O–H groups in total. The zero-order chi connectivity index (χ0) is 39.0. The molecular weight excluding hydrogens is 711 g/mol. The Morgan fingerprint density at radius 3 is 2.46 bits per heavy atom. The molecule has 0 spiro atoms. The van der Waals surface area contributed by atoms with Crippen molar-refractivity contribution in [2.45, 2.75) is 122 Å². The van der Waals surface area contributed by atoms with Crippen LogP contribution in [0.1, 0.15) is 99.3 Å². The van der Waals surface area contributed by atoms with E-state index in [9.17, 15) is 27.6 Å². The highest BCUT2D eigenvalue weighted by molar-refractivity contribution is 7.90. The summed E-state index contributed by atoms with van der Waals surface area (Å²) >= 11 is 0. The first-order valence-corrected chi connectivity index (χ1v) is 21.0. The third kappa shape index (κ3) is 8.92. The van der Waals surface area contributed by atoms with E-state index in [-0.39, 0.29) is 55.3 Å². The van der Waals surface area contributed by atoms with Crippen molar-refractivity contribution in [3.63, 3.8) is 0 Å².